The maximum Gasteiger partial charge on any atom is 0.270 e. The van der Waals surface area contributed by atoms with E-state index in [2.05, 4.69) is 5.32 Å². The van der Waals surface area contributed by atoms with E-state index < -0.39 is 4.92 Å². The summed E-state index contributed by atoms with van der Waals surface area (Å²) in [4.78, 5) is 10.1. The van der Waals surface area contributed by atoms with Crippen LogP contribution in [0.25, 0.3) is 0 Å². The highest BCUT2D eigenvalue weighted by atomic mass is 35.5. The number of non-ortho nitro benzene ring substituents is 1. The largest absolute Gasteiger partial charge is 0.393 e. The van der Waals surface area contributed by atoms with E-state index in [1.54, 1.807) is 6.07 Å². The third-order valence-corrected chi connectivity index (χ3v) is 3.94. The molecule has 19 heavy (non-hydrogen) atoms. The molecule has 1 aliphatic rings. The van der Waals surface area contributed by atoms with Gasteiger partial charge in [-0.05, 0) is 30.4 Å². The molecular formula is C13H17ClN2O3. The summed E-state index contributed by atoms with van der Waals surface area (Å²) in [5.41, 5.74) is 0.833. The predicted octanol–water partition coefficient (Wildman–Crippen LogP) is 2.50. The molecule has 2 atom stereocenters. The Labute approximate surface area is 116 Å². The maximum absolute atomic E-state index is 10.6. The third-order valence-electron chi connectivity index (χ3n) is 3.59. The van der Waals surface area contributed by atoms with E-state index in [1.807, 2.05) is 0 Å². The Morgan fingerprint density at radius 3 is 2.84 bits per heavy atom. The Kier molecular flexibility index (Phi) is 4.74. The van der Waals surface area contributed by atoms with Crippen molar-refractivity contribution in [3.63, 3.8) is 0 Å². The Balaban J connectivity index is 1.87. The molecule has 1 aliphatic carbocycles. The minimum absolute atomic E-state index is 0.0000323. The maximum atomic E-state index is 10.6. The molecule has 0 spiro atoms. The first-order valence-electron chi connectivity index (χ1n) is 6.39. The predicted molar refractivity (Wildman–Crippen MR) is 73.2 cm³/mol. The van der Waals surface area contributed by atoms with Crippen LogP contribution in [0.2, 0.25) is 5.02 Å². The average Bonchev–Trinajstić information content (AvgIpc) is 2.77. The van der Waals surface area contributed by atoms with Gasteiger partial charge in [0.15, 0.2) is 0 Å². The normalized spacial score (nSPS) is 22.6. The Bertz CT molecular complexity index is 467. The number of nitrogens with zero attached hydrogens (tertiary/aromatic N) is 1. The number of nitro groups is 1. The number of benzene rings is 1. The van der Waals surface area contributed by atoms with Crippen LogP contribution in [0, 0.1) is 16.0 Å². The van der Waals surface area contributed by atoms with Crippen LogP contribution in [0.5, 0.6) is 0 Å². The molecule has 5 nitrogen and oxygen atoms in total. The molecule has 1 aromatic rings. The zero-order chi connectivity index (χ0) is 13.8. The molecule has 2 N–H and O–H groups in total. The highest BCUT2D eigenvalue weighted by Gasteiger charge is 2.24. The SMILES string of the molecule is O=[N+]([O-])c1ccc(CNCC2CCCC2O)c(Cl)c1. The van der Waals surface area contributed by atoms with Gasteiger partial charge in [-0.3, -0.25) is 10.1 Å². The summed E-state index contributed by atoms with van der Waals surface area (Å²) in [6.45, 7) is 1.30. The third kappa shape index (κ3) is 3.65. The van der Waals surface area contributed by atoms with E-state index in [4.69, 9.17) is 11.6 Å². The van der Waals surface area contributed by atoms with Gasteiger partial charge in [-0.1, -0.05) is 18.0 Å². The van der Waals surface area contributed by atoms with E-state index >= 15 is 0 Å². The van der Waals surface area contributed by atoms with Crippen molar-refractivity contribution in [2.24, 2.45) is 5.92 Å². The number of rotatable bonds is 5. The van der Waals surface area contributed by atoms with Gasteiger partial charge in [0.05, 0.1) is 16.0 Å². The summed E-state index contributed by atoms with van der Waals surface area (Å²) in [6.07, 6.45) is 2.79. The number of aliphatic hydroxyl groups excluding tert-OH is 1. The zero-order valence-electron chi connectivity index (χ0n) is 10.5. The fourth-order valence-electron chi connectivity index (χ4n) is 2.44. The highest BCUT2D eigenvalue weighted by Crippen LogP contribution is 2.25. The number of hydrogen-bond donors (Lipinski definition) is 2. The molecular weight excluding hydrogens is 268 g/mol. The Morgan fingerprint density at radius 1 is 1.47 bits per heavy atom. The lowest BCUT2D eigenvalue weighted by Gasteiger charge is -2.15. The number of nitro benzene ring substituents is 1. The minimum Gasteiger partial charge on any atom is -0.393 e. The summed E-state index contributed by atoms with van der Waals surface area (Å²) >= 11 is 6.00. The van der Waals surface area contributed by atoms with Crippen LogP contribution in [0.1, 0.15) is 24.8 Å². The molecule has 2 rings (SSSR count). The van der Waals surface area contributed by atoms with Crippen molar-refractivity contribution in [2.45, 2.75) is 31.9 Å². The monoisotopic (exact) mass is 284 g/mol. The first-order valence-corrected chi connectivity index (χ1v) is 6.77. The second kappa shape index (κ2) is 6.32. The van der Waals surface area contributed by atoms with Crippen LogP contribution in [0.15, 0.2) is 18.2 Å². The van der Waals surface area contributed by atoms with Crippen molar-refractivity contribution >= 4 is 17.3 Å². The Hall–Kier alpha value is -1.17. The van der Waals surface area contributed by atoms with E-state index in [9.17, 15) is 15.2 Å². The van der Waals surface area contributed by atoms with Gasteiger partial charge in [-0.2, -0.15) is 0 Å². The van der Waals surface area contributed by atoms with Gasteiger partial charge in [0.25, 0.3) is 5.69 Å². The van der Waals surface area contributed by atoms with Crippen LogP contribution in [-0.2, 0) is 6.54 Å². The fourth-order valence-corrected chi connectivity index (χ4v) is 2.68. The van der Waals surface area contributed by atoms with Crippen molar-refractivity contribution in [1.29, 1.82) is 0 Å². The summed E-state index contributed by atoms with van der Waals surface area (Å²) in [7, 11) is 0. The van der Waals surface area contributed by atoms with Gasteiger partial charge in [-0.15, -0.1) is 0 Å². The van der Waals surface area contributed by atoms with Crippen LogP contribution < -0.4 is 5.32 Å². The second-order valence-electron chi connectivity index (χ2n) is 4.92. The molecule has 0 radical (unpaired) electrons. The topological polar surface area (TPSA) is 75.4 Å². The number of hydrogen-bond acceptors (Lipinski definition) is 4. The second-order valence-corrected chi connectivity index (χ2v) is 5.33. The smallest absolute Gasteiger partial charge is 0.270 e. The zero-order valence-corrected chi connectivity index (χ0v) is 11.3. The molecule has 1 fully saturated rings. The fraction of sp³-hybridized carbons (Fsp3) is 0.538. The van der Waals surface area contributed by atoms with Crippen molar-refractivity contribution in [2.75, 3.05) is 6.54 Å². The van der Waals surface area contributed by atoms with Gasteiger partial charge in [-0.25, -0.2) is 0 Å². The molecule has 0 aliphatic heterocycles. The molecule has 0 amide bonds. The van der Waals surface area contributed by atoms with E-state index in [1.165, 1.54) is 12.1 Å². The molecule has 0 heterocycles. The van der Waals surface area contributed by atoms with Gasteiger partial charge in [0.2, 0.25) is 0 Å². The minimum atomic E-state index is -0.460. The highest BCUT2D eigenvalue weighted by molar-refractivity contribution is 6.31. The van der Waals surface area contributed by atoms with E-state index in [0.717, 1.165) is 31.4 Å². The van der Waals surface area contributed by atoms with Crippen molar-refractivity contribution in [1.82, 2.24) is 5.32 Å². The molecule has 1 saturated carbocycles. The lowest BCUT2D eigenvalue weighted by molar-refractivity contribution is -0.384. The number of aliphatic hydroxyl groups is 1. The Morgan fingerprint density at radius 2 is 2.26 bits per heavy atom. The van der Waals surface area contributed by atoms with Crippen LogP contribution >= 0.6 is 11.6 Å². The van der Waals surface area contributed by atoms with E-state index in [0.29, 0.717) is 17.5 Å². The molecule has 0 bridgehead atoms. The molecule has 2 unspecified atom stereocenters. The number of nitrogens with one attached hydrogen (secondary N) is 1. The molecule has 104 valence electrons. The molecule has 1 aromatic carbocycles. The van der Waals surface area contributed by atoms with Crippen LogP contribution in [-0.4, -0.2) is 22.7 Å². The standard InChI is InChI=1S/C13H17ClN2O3/c14-12-6-11(16(18)19)5-4-9(12)7-15-8-10-2-1-3-13(10)17/h4-6,10,13,15,17H,1-3,7-8H2. The summed E-state index contributed by atoms with van der Waals surface area (Å²) < 4.78 is 0. The van der Waals surface area contributed by atoms with Crippen molar-refractivity contribution < 1.29 is 10.0 Å². The van der Waals surface area contributed by atoms with E-state index in [-0.39, 0.29) is 11.8 Å². The van der Waals surface area contributed by atoms with Gasteiger partial charge in [0.1, 0.15) is 0 Å². The van der Waals surface area contributed by atoms with Crippen LogP contribution in [0.4, 0.5) is 5.69 Å². The molecule has 0 saturated heterocycles. The van der Waals surface area contributed by atoms with Gasteiger partial charge in [0, 0.05) is 25.2 Å². The molecule has 6 heteroatoms. The van der Waals surface area contributed by atoms with Gasteiger partial charge >= 0.3 is 0 Å². The average molecular weight is 285 g/mol. The summed E-state index contributed by atoms with van der Waals surface area (Å²) in [6, 6.07) is 4.48. The quantitative estimate of drug-likeness (QED) is 0.643. The van der Waals surface area contributed by atoms with Crippen molar-refractivity contribution in [3.8, 4) is 0 Å². The summed E-state index contributed by atoms with van der Waals surface area (Å²) in [5.74, 6) is 0.303. The number of halogens is 1. The van der Waals surface area contributed by atoms with Gasteiger partial charge < -0.3 is 10.4 Å². The van der Waals surface area contributed by atoms with Crippen LogP contribution in [0.3, 0.4) is 0 Å². The lowest BCUT2D eigenvalue weighted by atomic mass is 10.1. The first kappa shape index (κ1) is 14.2. The molecule has 0 aromatic heterocycles. The lowest BCUT2D eigenvalue weighted by Crippen LogP contribution is -2.27. The first-order chi connectivity index (χ1) is 9.08. The summed E-state index contributed by atoms with van der Waals surface area (Å²) in [5, 5.41) is 23.9. The van der Waals surface area contributed by atoms with Crippen molar-refractivity contribution in [3.05, 3.63) is 38.9 Å².